The summed E-state index contributed by atoms with van der Waals surface area (Å²) in [6, 6.07) is 3.30. The average molecular weight is 202 g/mol. The van der Waals surface area contributed by atoms with Gasteiger partial charge in [0, 0.05) is 23.3 Å². The SMILES string of the molecule is Cc1c(Br)ccc(=O)n1C. The molecule has 0 unspecified atom stereocenters. The van der Waals surface area contributed by atoms with E-state index >= 15 is 0 Å². The van der Waals surface area contributed by atoms with Gasteiger partial charge in [0.15, 0.2) is 0 Å². The van der Waals surface area contributed by atoms with E-state index < -0.39 is 0 Å². The van der Waals surface area contributed by atoms with E-state index in [9.17, 15) is 4.79 Å². The smallest absolute Gasteiger partial charge is 0.250 e. The quantitative estimate of drug-likeness (QED) is 0.624. The van der Waals surface area contributed by atoms with Crippen LogP contribution in [0.3, 0.4) is 0 Å². The molecule has 0 aromatic carbocycles. The second kappa shape index (κ2) is 2.58. The highest BCUT2D eigenvalue weighted by Crippen LogP contribution is 2.10. The molecule has 0 saturated heterocycles. The highest BCUT2D eigenvalue weighted by molar-refractivity contribution is 9.10. The maximum atomic E-state index is 10.9. The molecule has 54 valence electrons. The molecule has 1 aromatic rings. The van der Waals surface area contributed by atoms with Crippen molar-refractivity contribution in [1.82, 2.24) is 4.57 Å². The first-order valence-electron chi connectivity index (χ1n) is 2.95. The zero-order valence-corrected chi connectivity index (χ0v) is 7.47. The Kier molecular flexibility index (Phi) is 1.94. The Hall–Kier alpha value is -0.570. The van der Waals surface area contributed by atoms with Gasteiger partial charge < -0.3 is 4.57 Å². The molecule has 0 aliphatic heterocycles. The van der Waals surface area contributed by atoms with Crippen molar-refractivity contribution in [3.05, 3.63) is 32.7 Å². The Balaban J connectivity index is 3.49. The van der Waals surface area contributed by atoms with Gasteiger partial charge in [0.25, 0.3) is 5.56 Å². The summed E-state index contributed by atoms with van der Waals surface area (Å²) in [6.45, 7) is 1.89. The summed E-state index contributed by atoms with van der Waals surface area (Å²) in [5, 5.41) is 0. The highest BCUT2D eigenvalue weighted by Gasteiger charge is 1.97. The third-order valence-electron chi connectivity index (χ3n) is 1.55. The molecule has 1 rings (SSSR count). The van der Waals surface area contributed by atoms with Gasteiger partial charge in [-0.15, -0.1) is 0 Å². The number of aromatic nitrogens is 1. The number of hydrogen-bond donors (Lipinski definition) is 0. The maximum Gasteiger partial charge on any atom is 0.250 e. The van der Waals surface area contributed by atoms with Crippen LogP contribution < -0.4 is 5.56 Å². The van der Waals surface area contributed by atoms with E-state index in [1.807, 2.05) is 6.92 Å². The van der Waals surface area contributed by atoms with Gasteiger partial charge in [-0.25, -0.2) is 0 Å². The average Bonchev–Trinajstić information content (AvgIpc) is 1.93. The van der Waals surface area contributed by atoms with Crippen molar-refractivity contribution in [1.29, 1.82) is 0 Å². The molecule has 0 atom stereocenters. The molecule has 1 aromatic heterocycles. The first kappa shape index (κ1) is 7.54. The lowest BCUT2D eigenvalue weighted by Gasteiger charge is -2.02. The molecular formula is C7H8BrNO. The molecule has 0 aliphatic carbocycles. The molecule has 0 fully saturated rings. The largest absolute Gasteiger partial charge is 0.315 e. The maximum absolute atomic E-state index is 10.9. The van der Waals surface area contributed by atoms with E-state index in [1.54, 1.807) is 17.7 Å². The van der Waals surface area contributed by atoms with E-state index in [0.717, 1.165) is 10.2 Å². The molecule has 0 aliphatic rings. The Morgan fingerprint density at radius 2 is 2.10 bits per heavy atom. The van der Waals surface area contributed by atoms with Crippen LogP contribution in [0.4, 0.5) is 0 Å². The van der Waals surface area contributed by atoms with E-state index in [0.29, 0.717) is 0 Å². The minimum Gasteiger partial charge on any atom is -0.315 e. The molecule has 0 radical (unpaired) electrons. The molecule has 0 saturated carbocycles. The fourth-order valence-corrected chi connectivity index (χ4v) is 1.10. The molecule has 10 heavy (non-hydrogen) atoms. The van der Waals surface area contributed by atoms with Gasteiger partial charge in [-0.05, 0) is 28.9 Å². The first-order chi connectivity index (χ1) is 4.63. The number of hydrogen-bond acceptors (Lipinski definition) is 1. The summed E-state index contributed by atoms with van der Waals surface area (Å²) in [5.74, 6) is 0. The van der Waals surface area contributed by atoms with Crippen LogP contribution >= 0.6 is 15.9 Å². The normalized spacial score (nSPS) is 9.90. The summed E-state index contributed by atoms with van der Waals surface area (Å²) in [6.07, 6.45) is 0. The third kappa shape index (κ3) is 1.14. The number of halogens is 1. The predicted molar refractivity (Wildman–Crippen MR) is 44.1 cm³/mol. The van der Waals surface area contributed by atoms with Gasteiger partial charge in [-0.2, -0.15) is 0 Å². The van der Waals surface area contributed by atoms with E-state index in [4.69, 9.17) is 0 Å². The van der Waals surface area contributed by atoms with Gasteiger partial charge >= 0.3 is 0 Å². The summed E-state index contributed by atoms with van der Waals surface area (Å²) < 4.78 is 2.57. The second-order valence-electron chi connectivity index (χ2n) is 2.16. The highest BCUT2D eigenvalue weighted by atomic mass is 79.9. The van der Waals surface area contributed by atoms with Crippen molar-refractivity contribution in [2.24, 2.45) is 7.05 Å². The lowest BCUT2D eigenvalue weighted by Crippen LogP contribution is -2.17. The van der Waals surface area contributed by atoms with Crippen LogP contribution in [0, 0.1) is 6.92 Å². The van der Waals surface area contributed by atoms with Crippen LogP contribution in [0.2, 0.25) is 0 Å². The molecule has 0 bridgehead atoms. The zero-order valence-electron chi connectivity index (χ0n) is 5.89. The fourth-order valence-electron chi connectivity index (χ4n) is 0.702. The number of rotatable bonds is 0. The van der Waals surface area contributed by atoms with Crippen LogP contribution in [0.5, 0.6) is 0 Å². The van der Waals surface area contributed by atoms with Crippen molar-refractivity contribution >= 4 is 15.9 Å². The molecule has 0 N–H and O–H groups in total. The van der Waals surface area contributed by atoms with Crippen LogP contribution in [0.15, 0.2) is 21.4 Å². The van der Waals surface area contributed by atoms with E-state index in [1.165, 1.54) is 6.07 Å². The molecule has 1 heterocycles. The van der Waals surface area contributed by atoms with Crippen molar-refractivity contribution in [2.45, 2.75) is 6.92 Å². The van der Waals surface area contributed by atoms with Gasteiger partial charge in [-0.3, -0.25) is 4.79 Å². The van der Waals surface area contributed by atoms with Crippen molar-refractivity contribution in [3.63, 3.8) is 0 Å². The van der Waals surface area contributed by atoms with Crippen LogP contribution in [-0.4, -0.2) is 4.57 Å². The topological polar surface area (TPSA) is 22.0 Å². The second-order valence-corrected chi connectivity index (χ2v) is 3.02. The van der Waals surface area contributed by atoms with E-state index in [-0.39, 0.29) is 5.56 Å². The summed E-state index contributed by atoms with van der Waals surface area (Å²) in [4.78, 5) is 10.9. The summed E-state index contributed by atoms with van der Waals surface area (Å²) in [7, 11) is 1.75. The zero-order chi connectivity index (χ0) is 7.72. The van der Waals surface area contributed by atoms with Crippen LogP contribution in [0.25, 0.3) is 0 Å². The molecule has 0 amide bonds. The predicted octanol–water partition coefficient (Wildman–Crippen LogP) is 1.46. The van der Waals surface area contributed by atoms with Gasteiger partial charge in [0.2, 0.25) is 0 Å². The van der Waals surface area contributed by atoms with E-state index in [2.05, 4.69) is 15.9 Å². The van der Waals surface area contributed by atoms with Gasteiger partial charge in [0.1, 0.15) is 0 Å². The standard InChI is InChI=1S/C7H8BrNO/c1-5-6(8)3-4-7(10)9(5)2/h3-4H,1-2H3. The molecule has 2 nitrogen and oxygen atoms in total. The van der Waals surface area contributed by atoms with Crippen LogP contribution in [0.1, 0.15) is 5.69 Å². The molecular weight excluding hydrogens is 194 g/mol. The minimum atomic E-state index is 0.0284. The van der Waals surface area contributed by atoms with Crippen molar-refractivity contribution in [3.8, 4) is 0 Å². The molecule has 0 spiro atoms. The fraction of sp³-hybridized carbons (Fsp3) is 0.286. The van der Waals surface area contributed by atoms with Crippen LogP contribution in [-0.2, 0) is 7.05 Å². The number of nitrogens with zero attached hydrogens (tertiary/aromatic N) is 1. The Labute approximate surface area is 67.6 Å². The Bertz CT molecular complexity index is 303. The summed E-state index contributed by atoms with van der Waals surface area (Å²) in [5.41, 5.74) is 0.980. The third-order valence-corrected chi connectivity index (χ3v) is 2.39. The Morgan fingerprint density at radius 1 is 1.50 bits per heavy atom. The lowest BCUT2D eigenvalue weighted by molar-refractivity contribution is 0.812. The Morgan fingerprint density at radius 3 is 2.60 bits per heavy atom. The van der Waals surface area contributed by atoms with Crippen molar-refractivity contribution < 1.29 is 0 Å². The summed E-state index contributed by atoms with van der Waals surface area (Å²) >= 11 is 3.32. The van der Waals surface area contributed by atoms with Gasteiger partial charge in [-0.1, -0.05) is 0 Å². The van der Waals surface area contributed by atoms with Gasteiger partial charge in [0.05, 0.1) is 0 Å². The minimum absolute atomic E-state index is 0.0284. The van der Waals surface area contributed by atoms with Crippen molar-refractivity contribution in [2.75, 3.05) is 0 Å². The first-order valence-corrected chi connectivity index (χ1v) is 3.74. The molecule has 3 heteroatoms. The monoisotopic (exact) mass is 201 g/mol. The lowest BCUT2D eigenvalue weighted by atomic mass is 10.4. The number of pyridine rings is 1.